The molecule has 0 aliphatic heterocycles. The first kappa shape index (κ1) is 18.9. The number of hydrogen-bond donors (Lipinski definition) is 1. The van der Waals surface area contributed by atoms with E-state index < -0.39 is 17.0 Å². The van der Waals surface area contributed by atoms with E-state index in [1.807, 2.05) is 0 Å². The van der Waals surface area contributed by atoms with Gasteiger partial charge in [-0.05, 0) is 24.6 Å². The first-order valence-corrected chi connectivity index (χ1v) is 7.29. The number of pyridine rings is 1. The highest BCUT2D eigenvalue weighted by Crippen LogP contribution is 2.13. The van der Waals surface area contributed by atoms with E-state index in [0.717, 1.165) is 0 Å². The van der Waals surface area contributed by atoms with Crippen LogP contribution in [0.25, 0.3) is 0 Å². The summed E-state index contributed by atoms with van der Waals surface area (Å²) >= 11 is 0. The highest BCUT2D eigenvalue weighted by atomic mass is 16.6. The molecule has 1 heterocycles. The molecule has 0 amide bonds. The van der Waals surface area contributed by atoms with Crippen molar-refractivity contribution < 1.29 is 4.92 Å². The maximum absolute atomic E-state index is 11.0. The number of rotatable bonds is 8. The number of nitriles is 1. The van der Waals surface area contributed by atoms with Crippen molar-refractivity contribution in [1.82, 2.24) is 10.3 Å². The molecule has 1 aromatic heterocycles. The fourth-order valence-corrected chi connectivity index (χ4v) is 2.00. The van der Waals surface area contributed by atoms with Gasteiger partial charge in [-0.3, -0.25) is 25.4 Å². The van der Waals surface area contributed by atoms with E-state index in [1.165, 1.54) is 19.2 Å². The molecule has 9 heteroatoms. The summed E-state index contributed by atoms with van der Waals surface area (Å²) in [6, 6.07) is 1.65. The van der Waals surface area contributed by atoms with Gasteiger partial charge in [-0.1, -0.05) is 12.1 Å². The van der Waals surface area contributed by atoms with E-state index >= 15 is 0 Å². The van der Waals surface area contributed by atoms with E-state index in [2.05, 4.69) is 20.5 Å². The standard InChI is InChI=1S/C15H18N6O3/c1-3-12(11(2)21(23)24)7-14(20-22)9-18-15(19-10-16)13-5-4-6-17-8-13/h4-8,11,14H,3,9H2,1-2H3,(H,18,19). The van der Waals surface area contributed by atoms with Crippen LogP contribution >= 0.6 is 0 Å². The highest BCUT2D eigenvalue weighted by Gasteiger charge is 2.19. The predicted molar refractivity (Wildman–Crippen MR) is 88.8 cm³/mol. The van der Waals surface area contributed by atoms with Gasteiger partial charge in [0.05, 0.1) is 6.54 Å². The number of nitroso groups, excluding NO2 is 1. The average Bonchev–Trinajstić information content (AvgIpc) is 2.61. The molecule has 0 saturated carbocycles. The third-order valence-corrected chi connectivity index (χ3v) is 3.35. The maximum atomic E-state index is 11.0. The van der Waals surface area contributed by atoms with Gasteiger partial charge in [0.2, 0.25) is 6.04 Å². The molecule has 1 aromatic rings. The molecular weight excluding hydrogens is 312 g/mol. The van der Waals surface area contributed by atoms with Gasteiger partial charge in [0.1, 0.15) is 11.9 Å². The lowest BCUT2D eigenvalue weighted by atomic mass is 10.0. The molecule has 0 aliphatic rings. The third-order valence-electron chi connectivity index (χ3n) is 3.35. The Kier molecular flexibility index (Phi) is 7.70. The summed E-state index contributed by atoms with van der Waals surface area (Å²) in [7, 11) is 0. The minimum atomic E-state index is -0.891. The van der Waals surface area contributed by atoms with Crippen LogP contribution in [0, 0.1) is 26.5 Å². The summed E-state index contributed by atoms with van der Waals surface area (Å²) < 4.78 is 0. The van der Waals surface area contributed by atoms with Crippen LogP contribution in [0.3, 0.4) is 0 Å². The van der Waals surface area contributed by atoms with Crippen LogP contribution in [0.5, 0.6) is 0 Å². The smallest absolute Gasteiger partial charge is 0.231 e. The predicted octanol–water partition coefficient (Wildman–Crippen LogP) is 2.04. The Labute approximate surface area is 139 Å². The monoisotopic (exact) mass is 330 g/mol. The van der Waals surface area contributed by atoms with Crippen molar-refractivity contribution >= 4 is 5.84 Å². The second kappa shape index (κ2) is 9.78. The molecule has 9 nitrogen and oxygen atoms in total. The summed E-state index contributed by atoms with van der Waals surface area (Å²) in [6.45, 7) is 3.20. The van der Waals surface area contributed by atoms with Crippen LogP contribution in [0.2, 0.25) is 0 Å². The van der Waals surface area contributed by atoms with Crippen LogP contribution in [-0.4, -0.2) is 34.4 Å². The van der Waals surface area contributed by atoms with Gasteiger partial charge in [0, 0.05) is 35.4 Å². The number of aliphatic imine (C=N–C) groups is 1. The average molecular weight is 330 g/mol. The van der Waals surface area contributed by atoms with Crippen molar-refractivity contribution in [3.63, 3.8) is 0 Å². The quantitative estimate of drug-likeness (QED) is 0.113. The minimum Gasteiger partial charge on any atom is -0.277 e. The van der Waals surface area contributed by atoms with Crippen LogP contribution in [-0.2, 0) is 0 Å². The lowest BCUT2D eigenvalue weighted by Crippen LogP contribution is -2.22. The van der Waals surface area contributed by atoms with Crippen LogP contribution in [0.15, 0.2) is 46.3 Å². The van der Waals surface area contributed by atoms with E-state index in [4.69, 9.17) is 5.26 Å². The Bertz CT molecular complexity index is 666. The lowest BCUT2D eigenvalue weighted by molar-refractivity contribution is -0.508. The molecule has 0 fully saturated rings. The van der Waals surface area contributed by atoms with Gasteiger partial charge in [-0.2, -0.15) is 10.2 Å². The van der Waals surface area contributed by atoms with Gasteiger partial charge in [0.25, 0.3) is 0 Å². The fraction of sp³-hybridized carbons (Fsp3) is 0.400. The summed E-state index contributed by atoms with van der Waals surface area (Å²) in [4.78, 5) is 29.6. The molecule has 24 heavy (non-hydrogen) atoms. The van der Waals surface area contributed by atoms with Crippen molar-refractivity contribution in [2.45, 2.75) is 32.4 Å². The second-order valence-corrected chi connectivity index (χ2v) is 4.90. The Morgan fingerprint density at radius 1 is 1.62 bits per heavy atom. The molecule has 0 saturated heterocycles. The largest absolute Gasteiger partial charge is 0.277 e. The van der Waals surface area contributed by atoms with E-state index in [9.17, 15) is 15.0 Å². The Morgan fingerprint density at radius 3 is 2.88 bits per heavy atom. The molecule has 2 atom stereocenters. The molecule has 1 N–H and O–H groups in total. The normalized spacial score (nSPS) is 14.4. The number of amidine groups is 1. The summed E-state index contributed by atoms with van der Waals surface area (Å²) in [6.07, 6.45) is 6.78. The molecule has 126 valence electrons. The molecule has 0 radical (unpaired) electrons. The van der Waals surface area contributed by atoms with Gasteiger partial charge < -0.3 is 0 Å². The summed E-state index contributed by atoms with van der Waals surface area (Å²) in [5.41, 5.74) is 1.10. The maximum Gasteiger partial charge on any atom is 0.231 e. The molecule has 0 bridgehead atoms. The van der Waals surface area contributed by atoms with E-state index in [0.29, 0.717) is 17.6 Å². The molecule has 0 aliphatic carbocycles. The number of hydrogen-bond acceptors (Lipinski definition) is 7. The van der Waals surface area contributed by atoms with Crippen molar-refractivity contribution in [1.29, 1.82) is 5.26 Å². The Hall–Kier alpha value is -3.15. The van der Waals surface area contributed by atoms with Gasteiger partial charge >= 0.3 is 0 Å². The molecule has 2 unspecified atom stereocenters. The van der Waals surface area contributed by atoms with Crippen molar-refractivity contribution in [2.24, 2.45) is 10.2 Å². The van der Waals surface area contributed by atoms with Crippen molar-refractivity contribution in [3.05, 3.63) is 56.8 Å². The van der Waals surface area contributed by atoms with Crippen LogP contribution in [0.4, 0.5) is 0 Å². The first-order valence-electron chi connectivity index (χ1n) is 7.29. The minimum absolute atomic E-state index is 0.0314. The zero-order valence-electron chi connectivity index (χ0n) is 13.4. The summed E-state index contributed by atoms with van der Waals surface area (Å²) in [5.74, 6) is 0.257. The zero-order chi connectivity index (χ0) is 17.9. The fourth-order valence-electron chi connectivity index (χ4n) is 2.00. The number of nitro groups is 1. The van der Waals surface area contributed by atoms with Gasteiger partial charge in [-0.25, -0.2) is 0 Å². The van der Waals surface area contributed by atoms with Gasteiger partial charge in [0.15, 0.2) is 6.19 Å². The molecule has 1 rings (SSSR count). The number of nitrogens with zero attached hydrogens (tertiary/aromatic N) is 5. The topological polar surface area (TPSA) is 134 Å². The van der Waals surface area contributed by atoms with E-state index in [1.54, 1.807) is 31.4 Å². The Balaban J connectivity index is 2.99. The lowest BCUT2D eigenvalue weighted by Gasteiger charge is -2.10. The van der Waals surface area contributed by atoms with Crippen molar-refractivity contribution in [3.8, 4) is 6.19 Å². The van der Waals surface area contributed by atoms with Crippen molar-refractivity contribution in [2.75, 3.05) is 6.54 Å². The zero-order valence-corrected chi connectivity index (χ0v) is 13.4. The number of nitrogens with one attached hydrogen (secondary N) is 1. The summed E-state index contributed by atoms with van der Waals surface area (Å²) in [5, 5.41) is 25.1. The highest BCUT2D eigenvalue weighted by molar-refractivity contribution is 5.99. The Morgan fingerprint density at radius 2 is 2.38 bits per heavy atom. The van der Waals surface area contributed by atoms with Gasteiger partial charge in [-0.15, -0.1) is 0 Å². The molecular formula is C15H18N6O3. The van der Waals surface area contributed by atoms with Crippen LogP contribution < -0.4 is 5.32 Å². The molecule has 0 aromatic carbocycles. The second-order valence-electron chi connectivity index (χ2n) is 4.90. The number of aromatic nitrogens is 1. The SMILES string of the molecule is CCC(=CC(CN=C(NC#N)c1cccnc1)N=O)C(C)[N+](=O)[O-]. The third kappa shape index (κ3) is 5.57. The molecule has 0 spiro atoms. The first-order chi connectivity index (χ1) is 11.5. The van der Waals surface area contributed by atoms with E-state index in [-0.39, 0.29) is 12.4 Å². The van der Waals surface area contributed by atoms with Crippen LogP contribution in [0.1, 0.15) is 25.8 Å².